The van der Waals surface area contributed by atoms with Gasteiger partial charge in [-0.3, -0.25) is 9.47 Å². The van der Waals surface area contributed by atoms with Gasteiger partial charge in [0, 0.05) is 31.9 Å². The van der Waals surface area contributed by atoms with E-state index in [-0.39, 0.29) is 0 Å². The first kappa shape index (κ1) is 20.6. The molecule has 0 atom stereocenters. The fraction of sp³-hybridized carbons (Fsp3) is 0.391. The Kier molecular flexibility index (Phi) is 6.50. The van der Waals surface area contributed by atoms with E-state index in [9.17, 15) is 0 Å². The van der Waals surface area contributed by atoms with E-state index in [0.29, 0.717) is 0 Å². The molecule has 30 heavy (non-hydrogen) atoms. The molecule has 1 aliphatic heterocycles. The number of methoxy groups -OCH3 is 1. The molecule has 158 valence electrons. The summed E-state index contributed by atoms with van der Waals surface area (Å²) in [5.74, 6) is 1.85. The van der Waals surface area contributed by atoms with Crippen LogP contribution in [0.2, 0.25) is 0 Å². The summed E-state index contributed by atoms with van der Waals surface area (Å²) in [5.41, 5.74) is 2.48. The summed E-state index contributed by atoms with van der Waals surface area (Å²) in [4.78, 5) is 4.89. The van der Waals surface area contributed by atoms with Crippen molar-refractivity contribution in [1.82, 2.24) is 19.2 Å². The zero-order valence-corrected chi connectivity index (χ0v) is 18.5. The number of ether oxygens (including phenoxy) is 1. The first-order valence-corrected chi connectivity index (χ1v) is 10.8. The minimum absolute atomic E-state index is 0.734. The third-order valence-electron chi connectivity index (χ3n) is 5.65. The Bertz CT molecular complexity index is 1010. The molecule has 0 spiro atoms. The molecule has 0 aliphatic carbocycles. The Morgan fingerprint density at radius 3 is 2.47 bits per heavy atom. The van der Waals surface area contributed by atoms with Crippen LogP contribution in [0.15, 0.2) is 54.6 Å². The highest BCUT2D eigenvalue weighted by molar-refractivity contribution is 7.71. The number of rotatable bonds is 6. The molecule has 2 heterocycles. The topological polar surface area (TPSA) is 38.5 Å². The van der Waals surface area contributed by atoms with Crippen LogP contribution in [-0.4, -0.2) is 52.5 Å². The van der Waals surface area contributed by atoms with E-state index in [1.807, 2.05) is 29.8 Å². The summed E-state index contributed by atoms with van der Waals surface area (Å²) in [6.45, 7) is 7.59. The van der Waals surface area contributed by atoms with Crippen LogP contribution in [-0.2, 0) is 13.2 Å². The third kappa shape index (κ3) is 4.74. The van der Waals surface area contributed by atoms with Crippen molar-refractivity contribution in [2.45, 2.75) is 26.6 Å². The average Bonchev–Trinajstić information content (AvgIpc) is 2.93. The second kappa shape index (κ2) is 9.45. The van der Waals surface area contributed by atoms with Crippen molar-refractivity contribution in [3.05, 3.63) is 70.8 Å². The Morgan fingerprint density at radius 1 is 0.967 bits per heavy atom. The van der Waals surface area contributed by atoms with Crippen LogP contribution in [0.3, 0.4) is 0 Å². The van der Waals surface area contributed by atoms with Gasteiger partial charge in [-0.25, -0.2) is 4.68 Å². The predicted molar refractivity (Wildman–Crippen MR) is 123 cm³/mol. The molecule has 7 heteroatoms. The summed E-state index contributed by atoms with van der Waals surface area (Å²) in [5, 5.41) is 4.73. The van der Waals surface area contributed by atoms with Gasteiger partial charge < -0.3 is 9.64 Å². The molecular weight excluding hydrogens is 394 g/mol. The lowest BCUT2D eigenvalue weighted by atomic mass is 10.2. The van der Waals surface area contributed by atoms with E-state index < -0.39 is 0 Å². The first-order valence-electron chi connectivity index (χ1n) is 10.4. The quantitative estimate of drug-likeness (QED) is 0.562. The van der Waals surface area contributed by atoms with Gasteiger partial charge >= 0.3 is 0 Å². The summed E-state index contributed by atoms with van der Waals surface area (Å²) in [6, 6.07) is 18.7. The highest BCUT2D eigenvalue weighted by Gasteiger charge is 2.17. The van der Waals surface area contributed by atoms with Gasteiger partial charge in [0.25, 0.3) is 0 Å². The van der Waals surface area contributed by atoms with Gasteiger partial charge in [0.15, 0.2) is 4.77 Å². The van der Waals surface area contributed by atoms with Crippen LogP contribution in [0, 0.1) is 11.7 Å². The van der Waals surface area contributed by atoms with E-state index in [1.54, 1.807) is 7.11 Å². The summed E-state index contributed by atoms with van der Waals surface area (Å²) in [7, 11) is 1.70. The molecular formula is C23H29N5OS. The van der Waals surface area contributed by atoms with E-state index >= 15 is 0 Å². The standard InChI is InChI=1S/C23H29N5OS/c1-19-24-28(23(30)27(19)17-20-7-4-3-5-8-20)18-25-13-6-14-26(16-15-25)21-9-11-22(29-2)12-10-21/h3-5,7-12H,6,13-18H2,1-2H3. The monoisotopic (exact) mass is 423 g/mol. The second-order valence-electron chi connectivity index (χ2n) is 7.70. The molecule has 1 fully saturated rings. The molecule has 1 aromatic heterocycles. The van der Waals surface area contributed by atoms with E-state index in [0.717, 1.165) is 62.2 Å². The summed E-state index contributed by atoms with van der Waals surface area (Å²) >= 11 is 5.75. The van der Waals surface area contributed by atoms with Crippen LogP contribution < -0.4 is 9.64 Å². The minimum Gasteiger partial charge on any atom is -0.497 e. The molecule has 1 saturated heterocycles. The molecule has 2 aromatic carbocycles. The van der Waals surface area contributed by atoms with Crippen molar-refractivity contribution in [3.8, 4) is 5.75 Å². The van der Waals surface area contributed by atoms with E-state index in [1.165, 1.54) is 11.3 Å². The predicted octanol–water partition coefficient (Wildman–Crippen LogP) is 3.95. The van der Waals surface area contributed by atoms with E-state index in [2.05, 4.69) is 50.8 Å². The molecule has 0 bridgehead atoms. The Hall–Kier alpha value is -2.64. The lowest BCUT2D eigenvalue weighted by Crippen LogP contribution is -2.32. The largest absolute Gasteiger partial charge is 0.497 e. The van der Waals surface area contributed by atoms with E-state index in [4.69, 9.17) is 22.1 Å². The zero-order valence-electron chi connectivity index (χ0n) is 17.7. The van der Waals surface area contributed by atoms with Crippen molar-refractivity contribution in [2.24, 2.45) is 0 Å². The highest BCUT2D eigenvalue weighted by Crippen LogP contribution is 2.20. The lowest BCUT2D eigenvalue weighted by Gasteiger charge is -2.23. The fourth-order valence-corrected chi connectivity index (χ4v) is 4.24. The first-order chi connectivity index (χ1) is 14.6. The molecule has 0 radical (unpaired) electrons. The number of nitrogens with zero attached hydrogens (tertiary/aromatic N) is 5. The number of benzene rings is 2. The van der Waals surface area contributed by atoms with Crippen LogP contribution in [0.4, 0.5) is 5.69 Å². The number of hydrogen-bond donors (Lipinski definition) is 0. The average molecular weight is 424 g/mol. The molecule has 0 amide bonds. The number of hydrogen-bond acceptors (Lipinski definition) is 5. The van der Waals surface area contributed by atoms with Crippen molar-refractivity contribution < 1.29 is 4.74 Å². The van der Waals surface area contributed by atoms with Gasteiger partial charge in [-0.2, -0.15) is 5.10 Å². The number of aryl methyl sites for hydroxylation is 1. The van der Waals surface area contributed by atoms with Gasteiger partial charge in [-0.15, -0.1) is 0 Å². The van der Waals surface area contributed by atoms with Crippen LogP contribution in [0.1, 0.15) is 17.8 Å². The van der Waals surface area contributed by atoms with Gasteiger partial charge in [0.1, 0.15) is 11.6 Å². The van der Waals surface area contributed by atoms with Crippen LogP contribution in [0.5, 0.6) is 5.75 Å². The van der Waals surface area contributed by atoms with Gasteiger partial charge in [-0.05, 0) is 55.4 Å². The van der Waals surface area contributed by atoms with Crippen LogP contribution in [0.25, 0.3) is 0 Å². The summed E-state index contributed by atoms with van der Waals surface area (Å²) < 4.78 is 10.1. The normalized spacial score (nSPS) is 15.2. The van der Waals surface area contributed by atoms with Crippen LogP contribution >= 0.6 is 12.2 Å². The zero-order chi connectivity index (χ0) is 20.9. The second-order valence-corrected chi connectivity index (χ2v) is 8.06. The number of aromatic nitrogens is 3. The Morgan fingerprint density at radius 2 is 1.73 bits per heavy atom. The highest BCUT2D eigenvalue weighted by atomic mass is 32.1. The molecule has 1 aliphatic rings. The fourth-order valence-electron chi connectivity index (χ4n) is 3.94. The van der Waals surface area contributed by atoms with Gasteiger partial charge in [0.05, 0.1) is 20.3 Å². The summed E-state index contributed by atoms with van der Waals surface area (Å²) in [6.07, 6.45) is 1.11. The molecule has 0 unspecified atom stereocenters. The molecule has 0 N–H and O–H groups in total. The molecule has 6 nitrogen and oxygen atoms in total. The minimum atomic E-state index is 0.734. The molecule has 3 aromatic rings. The maximum Gasteiger partial charge on any atom is 0.199 e. The Balaban J connectivity index is 1.41. The molecule has 0 saturated carbocycles. The van der Waals surface area contributed by atoms with Crippen molar-refractivity contribution in [2.75, 3.05) is 38.2 Å². The smallest absolute Gasteiger partial charge is 0.199 e. The van der Waals surface area contributed by atoms with Crippen molar-refractivity contribution in [3.63, 3.8) is 0 Å². The Labute approximate surface area is 183 Å². The van der Waals surface area contributed by atoms with Gasteiger partial charge in [0.2, 0.25) is 0 Å². The van der Waals surface area contributed by atoms with Crippen molar-refractivity contribution >= 4 is 17.9 Å². The third-order valence-corrected chi connectivity index (χ3v) is 6.08. The number of anilines is 1. The lowest BCUT2D eigenvalue weighted by molar-refractivity contribution is 0.219. The van der Waals surface area contributed by atoms with Crippen molar-refractivity contribution in [1.29, 1.82) is 0 Å². The maximum absolute atomic E-state index is 5.75. The maximum atomic E-state index is 5.75. The SMILES string of the molecule is COc1ccc(N2CCCN(Cn3nc(C)n(Cc4ccccc4)c3=S)CC2)cc1. The molecule has 4 rings (SSSR count). The van der Waals surface area contributed by atoms with Gasteiger partial charge in [-0.1, -0.05) is 30.3 Å².